The molecule has 0 aliphatic rings. The molecular formula is C11H12N2O2. The first-order valence-electron chi connectivity index (χ1n) is 4.54. The van der Waals surface area contributed by atoms with Crippen LogP contribution in [0, 0.1) is 28.4 Å². The molecule has 1 aromatic rings. The van der Waals surface area contributed by atoms with Crippen molar-refractivity contribution < 1.29 is 4.92 Å². The van der Waals surface area contributed by atoms with Crippen LogP contribution in [-0.4, -0.2) is 4.92 Å². The summed E-state index contributed by atoms with van der Waals surface area (Å²) < 4.78 is 0. The van der Waals surface area contributed by atoms with Gasteiger partial charge in [-0.05, 0) is 31.9 Å². The molecule has 0 aromatic heterocycles. The fraction of sp³-hybridized carbons (Fsp3) is 0.364. The third-order valence-corrected chi connectivity index (χ3v) is 2.27. The Morgan fingerprint density at radius 3 is 2.47 bits per heavy atom. The standard InChI is InChI=1S/C11H12N2O2/c1-8-4-9(11(2,3)7-12)6-10(5-8)13(14)15/h4-6H,1-3H3. The molecule has 0 aliphatic carbocycles. The van der Waals surface area contributed by atoms with Crippen molar-refractivity contribution in [2.45, 2.75) is 26.2 Å². The van der Waals surface area contributed by atoms with Crippen LogP contribution < -0.4 is 0 Å². The van der Waals surface area contributed by atoms with Gasteiger partial charge in [-0.2, -0.15) is 5.26 Å². The number of nitro groups is 1. The summed E-state index contributed by atoms with van der Waals surface area (Å²) in [6.45, 7) is 5.26. The molecule has 1 aromatic carbocycles. The van der Waals surface area contributed by atoms with E-state index in [2.05, 4.69) is 6.07 Å². The number of rotatable bonds is 2. The molecule has 0 spiro atoms. The molecular weight excluding hydrogens is 192 g/mol. The Bertz CT molecular complexity index is 444. The van der Waals surface area contributed by atoms with E-state index >= 15 is 0 Å². The zero-order chi connectivity index (χ0) is 11.6. The van der Waals surface area contributed by atoms with Gasteiger partial charge in [-0.3, -0.25) is 10.1 Å². The van der Waals surface area contributed by atoms with E-state index in [-0.39, 0.29) is 5.69 Å². The lowest BCUT2D eigenvalue weighted by molar-refractivity contribution is -0.385. The number of nitriles is 1. The first kappa shape index (κ1) is 11.2. The van der Waals surface area contributed by atoms with E-state index in [9.17, 15) is 10.1 Å². The Labute approximate surface area is 88.3 Å². The molecule has 0 radical (unpaired) electrons. The van der Waals surface area contributed by atoms with E-state index in [1.165, 1.54) is 12.1 Å². The fourth-order valence-corrected chi connectivity index (χ4v) is 1.29. The summed E-state index contributed by atoms with van der Waals surface area (Å²) in [5.74, 6) is 0. The molecule has 0 fully saturated rings. The first-order valence-corrected chi connectivity index (χ1v) is 4.54. The summed E-state index contributed by atoms with van der Waals surface area (Å²) in [6, 6.07) is 6.88. The average Bonchev–Trinajstić information content (AvgIpc) is 2.16. The molecule has 0 aliphatic heterocycles. The fourth-order valence-electron chi connectivity index (χ4n) is 1.29. The van der Waals surface area contributed by atoms with Gasteiger partial charge in [-0.15, -0.1) is 0 Å². The zero-order valence-electron chi connectivity index (χ0n) is 8.94. The van der Waals surface area contributed by atoms with E-state index in [1.807, 2.05) is 0 Å². The Kier molecular flexibility index (Phi) is 2.76. The maximum Gasteiger partial charge on any atom is 0.270 e. The average molecular weight is 204 g/mol. The highest BCUT2D eigenvalue weighted by molar-refractivity contribution is 5.43. The smallest absolute Gasteiger partial charge is 0.258 e. The predicted octanol–water partition coefficient (Wildman–Crippen LogP) is 2.70. The minimum atomic E-state index is -0.698. The van der Waals surface area contributed by atoms with Crippen molar-refractivity contribution in [3.05, 3.63) is 39.4 Å². The lowest BCUT2D eigenvalue weighted by Gasteiger charge is -2.15. The maximum atomic E-state index is 10.6. The first-order chi connectivity index (χ1) is 6.86. The van der Waals surface area contributed by atoms with Gasteiger partial charge in [0.25, 0.3) is 5.69 Å². The van der Waals surface area contributed by atoms with Crippen molar-refractivity contribution in [1.29, 1.82) is 5.26 Å². The van der Waals surface area contributed by atoms with E-state index in [1.54, 1.807) is 26.8 Å². The monoisotopic (exact) mass is 204 g/mol. The molecule has 0 N–H and O–H groups in total. The van der Waals surface area contributed by atoms with Gasteiger partial charge in [-0.1, -0.05) is 6.07 Å². The molecule has 0 atom stereocenters. The van der Waals surface area contributed by atoms with Crippen molar-refractivity contribution in [1.82, 2.24) is 0 Å². The number of hydrogen-bond acceptors (Lipinski definition) is 3. The molecule has 4 heteroatoms. The molecule has 0 saturated carbocycles. The zero-order valence-corrected chi connectivity index (χ0v) is 8.94. The highest BCUT2D eigenvalue weighted by atomic mass is 16.6. The normalized spacial score (nSPS) is 10.8. The summed E-state index contributed by atoms with van der Waals surface area (Å²) in [7, 11) is 0. The molecule has 0 bridgehead atoms. The van der Waals surface area contributed by atoms with Gasteiger partial charge in [-0.25, -0.2) is 0 Å². The van der Waals surface area contributed by atoms with Crippen LogP contribution in [0.3, 0.4) is 0 Å². The van der Waals surface area contributed by atoms with Crippen LogP contribution in [0.15, 0.2) is 18.2 Å². The third-order valence-electron chi connectivity index (χ3n) is 2.27. The van der Waals surface area contributed by atoms with Crippen molar-refractivity contribution in [2.75, 3.05) is 0 Å². The molecule has 0 saturated heterocycles. The highest BCUT2D eigenvalue weighted by Crippen LogP contribution is 2.27. The van der Waals surface area contributed by atoms with Gasteiger partial charge in [0.05, 0.1) is 16.4 Å². The largest absolute Gasteiger partial charge is 0.270 e. The van der Waals surface area contributed by atoms with Crippen molar-refractivity contribution in [2.24, 2.45) is 0 Å². The summed E-state index contributed by atoms with van der Waals surface area (Å²) in [4.78, 5) is 10.2. The Morgan fingerprint density at radius 2 is 2.00 bits per heavy atom. The topological polar surface area (TPSA) is 66.9 Å². The van der Waals surface area contributed by atoms with E-state index in [0.29, 0.717) is 5.56 Å². The third kappa shape index (κ3) is 2.32. The summed E-state index contributed by atoms with van der Waals surface area (Å²) in [5.41, 5.74) is 0.809. The molecule has 15 heavy (non-hydrogen) atoms. The minimum absolute atomic E-state index is 0.0355. The van der Waals surface area contributed by atoms with Gasteiger partial charge in [0.15, 0.2) is 0 Å². The van der Waals surface area contributed by atoms with Crippen molar-refractivity contribution in [3.63, 3.8) is 0 Å². The Balaban J connectivity index is 3.34. The van der Waals surface area contributed by atoms with Crippen LogP contribution in [0.5, 0.6) is 0 Å². The van der Waals surface area contributed by atoms with Crippen LogP contribution >= 0.6 is 0 Å². The number of hydrogen-bond donors (Lipinski definition) is 0. The second kappa shape index (κ2) is 3.70. The van der Waals surface area contributed by atoms with Crippen LogP contribution in [0.2, 0.25) is 0 Å². The van der Waals surface area contributed by atoms with Crippen LogP contribution in [0.25, 0.3) is 0 Å². The van der Waals surface area contributed by atoms with Crippen LogP contribution in [0.4, 0.5) is 5.69 Å². The minimum Gasteiger partial charge on any atom is -0.258 e. The van der Waals surface area contributed by atoms with Crippen molar-refractivity contribution >= 4 is 5.69 Å². The van der Waals surface area contributed by atoms with Crippen LogP contribution in [0.1, 0.15) is 25.0 Å². The lowest BCUT2D eigenvalue weighted by Crippen LogP contribution is -2.14. The molecule has 4 nitrogen and oxygen atoms in total. The molecule has 0 unspecified atom stereocenters. The maximum absolute atomic E-state index is 10.6. The van der Waals surface area contributed by atoms with E-state index in [4.69, 9.17) is 5.26 Å². The summed E-state index contributed by atoms with van der Waals surface area (Å²) in [6.07, 6.45) is 0. The number of nitro benzene ring substituents is 1. The molecule has 0 heterocycles. The van der Waals surface area contributed by atoms with Crippen molar-refractivity contribution in [3.8, 4) is 6.07 Å². The quantitative estimate of drug-likeness (QED) is 0.549. The van der Waals surface area contributed by atoms with Crippen LogP contribution in [-0.2, 0) is 5.41 Å². The predicted molar refractivity (Wildman–Crippen MR) is 56.5 cm³/mol. The second-order valence-electron chi connectivity index (χ2n) is 4.05. The Hall–Kier alpha value is -1.89. The SMILES string of the molecule is Cc1cc([N+](=O)[O-])cc(C(C)(C)C#N)c1. The van der Waals surface area contributed by atoms with E-state index < -0.39 is 10.3 Å². The van der Waals surface area contributed by atoms with Gasteiger partial charge in [0.1, 0.15) is 0 Å². The Morgan fingerprint density at radius 1 is 1.40 bits per heavy atom. The summed E-state index contributed by atoms with van der Waals surface area (Å²) >= 11 is 0. The number of benzene rings is 1. The molecule has 78 valence electrons. The number of nitrogens with zero attached hydrogens (tertiary/aromatic N) is 2. The lowest BCUT2D eigenvalue weighted by atomic mass is 9.85. The molecule has 1 rings (SSSR count). The van der Waals surface area contributed by atoms with Gasteiger partial charge in [0.2, 0.25) is 0 Å². The van der Waals surface area contributed by atoms with Gasteiger partial charge >= 0.3 is 0 Å². The number of non-ortho nitro benzene ring substituents is 1. The summed E-state index contributed by atoms with van der Waals surface area (Å²) in [5, 5.41) is 19.6. The van der Waals surface area contributed by atoms with E-state index in [0.717, 1.165) is 5.56 Å². The van der Waals surface area contributed by atoms with Gasteiger partial charge in [0, 0.05) is 12.1 Å². The number of aryl methyl sites for hydroxylation is 1. The highest BCUT2D eigenvalue weighted by Gasteiger charge is 2.22. The second-order valence-corrected chi connectivity index (χ2v) is 4.05. The van der Waals surface area contributed by atoms with Gasteiger partial charge < -0.3 is 0 Å². The molecule has 0 amide bonds.